The molecule has 2 rings (SSSR count). The number of hydrogen-bond donors (Lipinski definition) is 2. The molecule has 18 heavy (non-hydrogen) atoms. The summed E-state index contributed by atoms with van der Waals surface area (Å²) in [7, 11) is 1.54. The standard InChI is InChI=1S/C12H17N3O3/c1-17-11-8-9(13)2-3-10(11)14-12(16)15-4-6-18-7-5-15/h2-3,8H,4-7,13H2,1H3,(H,14,16). The first-order valence-corrected chi connectivity index (χ1v) is 5.78. The van der Waals surface area contributed by atoms with Crippen LogP contribution in [0.15, 0.2) is 18.2 Å². The quantitative estimate of drug-likeness (QED) is 0.773. The molecular weight excluding hydrogens is 234 g/mol. The van der Waals surface area contributed by atoms with Crippen molar-refractivity contribution in [1.82, 2.24) is 4.90 Å². The molecule has 3 N–H and O–H groups in total. The van der Waals surface area contributed by atoms with E-state index in [9.17, 15) is 4.79 Å². The number of carbonyl (C=O) groups is 1. The number of benzene rings is 1. The monoisotopic (exact) mass is 251 g/mol. The number of nitrogens with one attached hydrogen (secondary N) is 1. The molecule has 0 bridgehead atoms. The van der Waals surface area contributed by atoms with Gasteiger partial charge in [0.15, 0.2) is 0 Å². The van der Waals surface area contributed by atoms with Crippen molar-refractivity contribution in [2.75, 3.05) is 44.5 Å². The van der Waals surface area contributed by atoms with Crippen molar-refractivity contribution in [3.63, 3.8) is 0 Å². The third-order valence-electron chi connectivity index (χ3n) is 2.77. The first-order valence-electron chi connectivity index (χ1n) is 5.78. The average molecular weight is 251 g/mol. The van der Waals surface area contributed by atoms with Gasteiger partial charge < -0.3 is 25.4 Å². The number of nitrogens with zero attached hydrogens (tertiary/aromatic N) is 1. The number of nitrogens with two attached hydrogens (primary N) is 1. The Hall–Kier alpha value is -1.95. The van der Waals surface area contributed by atoms with Crippen LogP contribution < -0.4 is 15.8 Å². The van der Waals surface area contributed by atoms with E-state index >= 15 is 0 Å². The molecule has 6 nitrogen and oxygen atoms in total. The molecule has 1 aliphatic heterocycles. The van der Waals surface area contributed by atoms with Crippen LogP contribution in [-0.4, -0.2) is 44.3 Å². The number of methoxy groups -OCH3 is 1. The number of urea groups is 1. The second-order valence-corrected chi connectivity index (χ2v) is 3.99. The van der Waals surface area contributed by atoms with Crippen molar-refractivity contribution in [1.29, 1.82) is 0 Å². The Morgan fingerprint density at radius 2 is 2.17 bits per heavy atom. The normalized spacial score (nSPS) is 15.3. The Morgan fingerprint density at radius 1 is 1.44 bits per heavy atom. The van der Waals surface area contributed by atoms with Gasteiger partial charge in [0.2, 0.25) is 0 Å². The number of carbonyl (C=O) groups excluding carboxylic acids is 1. The summed E-state index contributed by atoms with van der Waals surface area (Å²) in [6.07, 6.45) is 0. The van der Waals surface area contributed by atoms with Gasteiger partial charge >= 0.3 is 6.03 Å². The van der Waals surface area contributed by atoms with E-state index in [1.165, 1.54) is 0 Å². The molecule has 2 amide bonds. The summed E-state index contributed by atoms with van der Waals surface area (Å²) in [4.78, 5) is 13.7. The lowest BCUT2D eigenvalue weighted by Gasteiger charge is -2.27. The topological polar surface area (TPSA) is 76.8 Å². The largest absolute Gasteiger partial charge is 0.494 e. The summed E-state index contributed by atoms with van der Waals surface area (Å²) in [5.74, 6) is 0.552. The first kappa shape index (κ1) is 12.5. The molecular formula is C12H17N3O3. The van der Waals surface area contributed by atoms with Gasteiger partial charge in [0.05, 0.1) is 26.0 Å². The van der Waals surface area contributed by atoms with Crippen LogP contribution in [-0.2, 0) is 4.74 Å². The van der Waals surface area contributed by atoms with Crippen molar-refractivity contribution in [3.05, 3.63) is 18.2 Å². The Labute approximate surface area is 106 Å². The Morgan fingerprint density at radius 3 is 2.83 bits per heavy atom. The highest BCUT2D eigenvalue weighted by molar-refractivity contribution is 5.91. The molecule has 0 unspecified atom stereocenters. The number of ether oxygens (including phenoxy) is 2. The van der Waals surface area contributed by atoms with Crippen molar-refractivity contribution in [2.45, 2.75) is 0 Å². The van der Waals surface area contributed by atoms with E-state index in [0.717, 1.165) is 0 Å². The minimum absolute atomic E-state index is 0.152. The van der Waals surface area contributed by atoms with Crippen LogP contribution in [0, 0.1) is 0 Å². The third kappa shape index (κ3) is 2.84. The van der Waals surface area contributed by atoms with E-state index in [1.807, 2.05) is 0 Å². The molecule has 1 aromatic rings. The van der Waals surface area contributed by atoms with Crippen LogP contribution in [0.3, 0.4) is 0 Å². The number of hydrogen-bond acceptors (Lipinski definition) is 4. The van der Waals surface area contributed by atoms with Gasteiger partial charge in [-0.15, -0.1) is 0 Å². The zero-order chi connectivity index (χ0) is 13.0. The van der Waals surface area contributed by atoms with Gasteiger partial charge in [-0.05, 0) is 12.1 Å². The molecule has 0 spiro atoms. The predicted molar refractivity (Wildman–Crippen MR) is 68.8 cm³/mol. The Bertz CT molecular complexity index is 431. The Kier molecular flexibility index (Phi) is 3.88. The van der Waals surface area contributed by atoms with Gasteiger partial charge in [0.25, 0.3) is 0 Å². The molecule has 0 radical (unpaired) electrons. The molecule has 1 aliphatic rings. The van der Waals surface area contributed by atoms with Gasteiger partial charge in [-0.1, -0.05) is 0 Å². The molecule has 0 saturated carbocycles. The van der Waals surface area contributed by atoms with Crippen LogP contribution >= 0.6 is 0 Å². The second kappa shape index (κ2) is 5.59. The second-order valence-electron chi connectivity index (χ2n) is 3.99. The van der Waals surface area contributed by atoms with E-state index in [-0.39, 0.29) is 6.03 Å². The fraction of sp³-hybridized carbons (Fsp3) is 0.417. The smallest absolute Gasteiger partial charge is 0.322 e. The highest BCUT2D eigenvalue weighted by atomic mass is 16.5. The maximum absolute atomic E-state index is 12.0. The van der Waals surface area contributed by atoms with Crippen LogP contribution in [0.5, 0.6) is 5.75 Å². The summed E-state index contributed by atoms with van der Waals surface area (Å²) in [6.45, 7) is 2.35. The fourth-order valence-corrected chi connectivity index (χ4v) is 1.77. The summed E-state index contributed by atoms with van der Waals surface area (Å²) >= 11 is 0. The van der Waals surface area contributed by atoms with Crippen LogP contribution in [0.25, 0.3) is 0 Å². The molecule has 1 aromatic carbocycles. The van der Waals surface area contributed by atoms with Crippen LogP contribution in [0.2, 0.25) is 0 Å². The van der Waals surface area contributed by atoms with Gasteiger partial charge in [-0.3, -0.25) is 0 Å². The van der Waals surface area contributed by atoms with E-state index in [0.29, 0.717) is 43.4 Å². The summed E-state index contributed by atoms with van der Waals surface area (Å²) < 4.78 is 10.4. The number of anilines is 2. The summed E-state index contributed by atoms with van der Waals surface area (Å²) in [6, 6.07) is 4.97. The van der Waals surface area contributed by atoms with E-state index < -0.39 is 0 Å². The lowest BCUT2D eigenvalue weighted by molar-refractivity contribution is 0.0564. The maximum Gasteiger partial charge on any atom is 0.322 e. The van der Waals surface area contributed by atoms with Gasteiger partial charge in [-0.2, -0.15) is 0 Å². The van der Waals surface area contributed by atoms with E-state index in [4.69, 9.17) is 15.2 Å². The molecule has 0 aromatic heterocycles. The minimum Gasteiger partial charge on any atom is -0.494 e. The van der Waals surface area contributed by atoms with Gasteiger partial charge in [0.1, 0.15) is 5.75 Å². The first-order chi connectivity index (χ1) is 8.70. The lowest BCUT2D eigenvalue weighted by Crippen LogP contribution is -2.43. The van der Waals surface area contributed by atoms with Crippen molar-refractivity contribution in [3.8, 4) is 5.75 Å². The van der Waals surface area contributed by atoms with E-state index in [1.54, 1.807) is 30.2 Å². The zero-order valence-corrected chi connectivity index (χ0v) is 10.3. The lowest BCUT2D eigenvalue weighted by atomic mass is 10.2. The Balaban J connectivity index is 2.06. The van der Waals surface area contributed by atoms with Gasteiger partial charge in [0, 0.05) is 24.8 Å². The van der Waals surface area contributed by atoms with Crippen molar-refractivity contribution in [2.24, 2.45) is 0 Å². The molecule has 6 heteroatoms. The molecule has 1 heterocycles. The van der Waals surface area contributed by atoms with Crippen molar-refractivity contribution < 1.29 is 14.3 Å². The minimum atomic E-state index is -0.152. The molecule has 98 valence electrons. The third-order valence-corrected chi connectivity index (χ3v) is 2.77. The number of rotatable bonds is 2. The molecule has 0 aliphatic carbocycles. The number of amides is 2. The molecule has 0 atom stereocenters. The molecule has 1 saturated heterocycles. The fourth-order valence-electron chi connectivity index (χ4n) is 1.77. The van der Waals surface area contributed by atoms with E-state index in [2.05, 4.69) is 5.32 Å². The number of morpholine rings is 1. The highest BCUT2D eigenvalue weighted by Crippen LogP contribution is 2.26. The maximum atomic E-state index is 12.0. The summed E-state index contributed by atoms with van der Waals surface area (Å²) in [5.41, 5.74) is 6.86. The average Bonchev–Trinajstić information content (AvgIpc) is 2.41. The molecule has 1 fully saturated rings. The van der Waals surface area contributed by atoms with Crippen molar-refractivity contribution >= 4 is 17.4 Å². The van der Waals surface area contributed by atoms with Gasteiger partial charge in [-0.25, -0.2) is 4.79 Å². The number of nitrogen functional groups attached to an aromatic ring is 1. The predicted octanol–water partition coefficient (Wildman–Crippen LogP) is 1.14. The van der Waals surface area contributed by atoms with Crippen LogP contribution in [0.4, 0.5) is 16.2 Å². The van der Waals surface area contributed by atoms with Crippen LogP contribution in [0.1, 0.15) is 0 Å². The zero-order valence-electron chi connectivity index (χ0n) is 10.3. The SMILES string of the molecule is COc1cc(N)ccc1NC(=O)N1CCOCC1. The highest BCUT2D eigenvalue weighted by Gasteiger charge is 2.17. The summed E-state index contributed by atoms with van der Waals surface area (Å²) in [5, 5.41) is 2.81.